The van der Waals surface area contributed by atoms with Crippen molar-refractivity contribution in [3.8, 4) is 39.5 Å². The maximum absolute atomic E-state index is 5.44. The molecule has 0 spiro atoms. The fraction of sp³-hybridized carbons (Fsp3) is 0.0741. The summed E-state index contributed by atoms with van der Waals surface area (Å²) in [6, 6.07) is 25.7. The van der Waals surface area contributed by atoms with Crippen LogP contribution in [-0.4, -0.2) is 22.1 Å². The number of hydrogen-bond acceptors (Lipinski definition) is 6. The molecule has 5 aromatic rings. The molecule has 0 saturated carbocycles. The molecule has 2 aromatic carbocycles. The third-order valence-corrected chi connectivity index (χ3v) is 5.24. The highest BCUT2D eigenvalue weighted by Gasteiger charge is 2.11. The van der Waals surface area contributed by atoms with E-state index in [2.05, 4.69) is 16.4 Å². The van der Waals surface area contributed by atoms with E-state index in [0.717, 1.165) is 39.5 Å². The molecule has 33 heavy (non-hydrogen) atoms. The summed E-state index contributed by atoms with van der Waals surface area (Å²) in [7, 11) is 1.66. The second kappa shape index (κ2) is 9.36. The number of methoxy groups -OCH3 is 1. The van der Waals surface area contributed by atoms with Crippen molar-refractivity contribution in [3.63, 3.8) is 0 Å². The highest BCUT2D eigenvalue weighted by molar-refractivity contribution is 5.73. The zero-order valence-electron chi connectivity index (χ0n) is 18.1. The lowest BCUT2D eigenvalue weighted by Gasteiger charge is -2.11. The number of furan rings is 1. The van der Waals surface area contributed by atoms with Crippen LogP contribution in [0.5, 0.6) is 5.75 Å². The van der Waals surface area contributed by atoms with Crippen LogP contribution in [0.1, 0.15) is 5.76 Å². The van der Waals surface area contributed by atoms with Crippen molar-refractivity contribution in [2.45, 2.75) is 6.54 Å². The molecule has 162 valence electrons. The van der Waals surface area contributed by atoms with Crippen LogP contribution in [0.25, 0.3) is 33.8 Å². The third kappa shape index (κ3) is 4.75. The highest BCUT2D eigenvalue weighted by Crippen LogP contribution is 2.28. The quantitative estimate of drug-likeness (QED) is 0.334. The molecule has 0 aliphatic heterocycles. The SMILES string of the molecule is COc1ccc(-c2cncc(-c3cc(NCc4ccco4)nc(-c4ccccc4)n3)c2)cc1. The maximum Gasteiger partial charge on any atom is 0.162 e. The molecule has 5 rings (SSSR count). The van der Waals surface area contributed by atoms with Crippen molar-refractivity contribution < 1.29 is 9.15 Å². The first-order valence-electron chi connectivity index (χ1n) is 10.6. The predicted octanol–water partition coefficient (Wildman–Crippen LogP) is 6.09. The minimum absolute atomic E-state index is 0.530. The van der Waals surface area contributed by atoms with Crippen molar-refractivity contribution in [1.29, 1.82) is 0 Å². The molecular formula is C27H22N4O2. The second-order valence-electron chi connectivity index (χ2n) is 7.45. The fourth-order valence-electron chi connectivity index (χ4n) is 3.51. The lowest BCUT2D eigenvalue weighted by atomic mass is 10.0. The number of aromatic nitrogens is 3. The molecule has 3 aromatic heterocycles. The summed E-state index contributed by atoms with van der Waals surface area (Å²) in [4.78, 5) is 14.0. The summed E-state index contributed by atoms with van der Waals surface area (Å²) in [5, 5.41) is 3.35. The first kappa shape index (κ1) is 20.5. The number of rotatable bonds is 7. The van der Waals surface area contributed by atoms with Crippen molar-refractivity contribution >= 4 is 5.82 Å². The van der Waals surface area contributed by atoms with Gasteiger partial charge in [-0.05, 0) is 35.9 Å². The molecule has 0 fully saturated rings. The maximum atomic E-state index is 5.44. The van der Waals surface area contributed by atoms with Crippen LogP contribution in [0.3, 0.4) is 0 Å². The van der Waals surface area contributed by atoms with Gasteiger partial charge in [0.25, 0.3) is 0 Å². The molecule has 0 atom stereocenters. The fourth-order valence-corrected chi connectivity index (χ4v) is 3.51. The van der Waals surface area contributed by atoms with E-state index in [4.69, 9.17) is 19.1 Å². The average Bonchev–Trinajstić information content (AvgIpc) is 3.42. The number of benzene rings is 2. The van der Waals surface area contributed by atoms with Gasteiger partial charge in [0.1, 0.15) is 17.3 Å². The third-order valence-electron chi connectivity index (χ3n) is 5.24. The number of hydrogen-bond donors (Lipinski definition) is 1. The van der Waals surface area contributed by atoms with Crippen molar-refractivity contribution in [2.24, 2.45) is 0 Å². The van der Waals surface area contributed by atoms with E-state index in [1.54, 1.807) is 13.4 Å². The van der Waals surface area contributed by atoms with Crippen molar-refractivity contribution in [3.05, 3.63) is 103 Å². The monoisotopic (exact) mass is 434 g/mol. The Morgan fingerprint density at radius 2 is 1.61 bits per heavy atom. The van der Waals surface area contributed by atoms with Gasteiger partial charge in [-0.2, -0.15) is 0 Å². The van der Waals surface area contributed by atoms with Crippen LogP contribution in [-0.2, 0) is 6.54 Å². The Morgan fingerprint density at radius 1 is 0.788 bits per heavy atom. The van der Waals surface area contributed by atoms with Crippen LogP contribution in [0.2, 0.25) is 0 Å². The molecule has 0 bridgehead atoms. The van der Waals surface area contributed by atoms with Gasteiger partial charge in [0.05, 0.1) is 25.6 Å². The van der Waals surface area contributed by atoms with Gasteiger partial charge < -0.3 is 14.5 Å². The van der Waals surface area contributed by atoms with Gasteiger partial charge in [-0.15, -0.1) is 0 Å². The Kier molecular flexibility index (Phi) is 5.80. The number of ether oxygens (including phenoxy) is 1. The summed E-state index contributed by atoms with van der Waals surface area (Å²) in [6.07, 6.45) is 5.33. The van der Waals surface area contributed by atoms with E-state index < -0.39 is 0 Å². The molecule has 0 unspecified atom stereocenters. The van der Waals surface area contributed by atoms with Crippen LogP contribution >= 0.6 is 0 Å². The van der Waals surface area contributed by atoms with Gasteiger partial charge in [0.2, 0.25) is 0 Å². The van der Waals surface area contributed by atoms with E-state index >= 15 is 0 Å². The summed E-state index contributed by atoms with van der Waals surface area (Å²) in [5.74, 6) is 3.01. The molecule has 0 saturated heterocycles. The summed E-state index contributed by atoms with van der Waals surface area (Å²) >= 11 is 0. The summed E-state index contributed by atoms with van der Waals surface area (Å²) < 4.78 is 10.7. The van der Waals surface area contributed by atoms with Crippen molar-refractivity contribution in [1.82, 2.24) is 15.0 Å². The summed E-state index contributed by atoms with van der Waals surface area (Å²) in [5.41, 5.74) is 4.69. The Bertz CT molecular complexity index is 1330. The number of nitrogens with one attached hydrogen (secondary N) is 1. The minimum atomic E-state index is 0.530. The molecule has 0 radical (unpaired) electrons. The second-order valence-corrected chi connectivity index (χ2v) is 7.45. The van der Waals surface area contributed by atoms with Crippen LogP contribution in [0, 0.1) is 0 Å². The van der Waals surface area contributed by atoms with E-state index in [-0.39, 0.29) is 0 Å². The largest absolute Gasteiger partial charge is 0.497 e. The molecule has 0 amide bonds. The van der Waals surface area contributed by atoms with E-state index in [1.165, 1.54) is 0 Å². The minimum Gasteiger partial charge on any atom is -0.497 e. The number of pyridine rings is 1. The Balaban J connectivity index is 1.52. The average molecular weight is 434 g/mol. The topological polar surface area (TPSA) is 73.1 Å². The highest BCUT2D eigenvalue weighted by atomic mass is 16.5. The molecule has 3 heterocycles. The molecule has 6 heteroatoms. The van der Waals surface area contributed by atoms with E-state index in [1.807, 2.05) is 85.2 Å². The van der Waals surface area contributed by atoms with Crippen LogP contribution in [0.4, 0.5) is 5.82 Å². The molecule has 0 aliphatic rings. The summed E-state index contributed by atoms with van der Waals surface area (Å²) in [6.45, 7) is 0.530. The Labute approximate surface area is 192 Å². The van der Waals surface area contributed by atoms with Crippen LogP contribution < -0.4 is 10.1 Å². The van der Waals surface area contributed by atoms with Gasteiger partial charge in [-0.1, -0.05) is 42.5 Å². The smallest absolute Gasteiger partial charge is 0.162 e. The number of nitrogens with zero attached hydrogens (tertiary/aromatic N) is 3. The Morgan fingerprint density at radius 3 is 2.36 bits per heavy atom. The standard InChI is InChI=1S/C27H22N4O2/c1-32-23-11-9-19(10-12-23)21-14-22(17-28-16-21)25-15-26(29-18-24-8-5-13-33-24)31-27(30-25)20-6-3-2-4-7-20/h2-17H,18H2,1H3,(H,29,30,31). The number of anilines is 1. The normalized spacial score (nSPS) is 10.7. The van der Waals surface area contributed by atoms with E-state index in [0.29, 0.717) is 18.2 Å². The predicted molar refractivity (Wildman–Crippen MR) is 129 cm³/mol. The first-order chi connectivity index (χ1) is 16.3. The molecule has 1 N–H and O–H groups in total. The Hall–Kier alpha value is -4.45. The van der Waals surface area contributed by atoms with Crippen LogP contribution in [0.15, 0.2) is 102 Å². The van der Waals surface area contributed by atoms with Crippen molar-refractivity contribution in [2.75, 3.05) is 12.4 Å². The van der Waals surface area contributed by atoms with Gasteiger partial charge >= 0.3 is 0 Å². The van der Waals surface area contributed by atoms with E-state index in [9.17, 15) is 0 Å². The molecule has 0 aliphatic carbocycles. The van der Waals surface area contributed by atoms with Gasteiger partial charge in [0, 0.05) is 35.2 Å². The zero-order valence-corrected chi connectivity index (χ0v) is 18.1. The van der Waals surface area contributed by atoms with Gasteiger partial charge in [-0.3, -0.25) is 4.98 Å². The lowest BCUT2D eigenvalue weighted by molar-refractivity contribution is 0.415. The first-order valence-corrected chi connectivity index (χ1v) is 10.6. The van der Waals surface area contributed by atoms with Gasteiger partial charge in [0.15, 0.2) is 5.82 Å². The van der Waals surface area contributed by atoms with Gasteiger partial charge in [-0.25, -0.2) is 9.97 Å². The zero-order chi connectivity index (χ0) is 22.5. The lowest BCUT2D eigenvalue weighted by Crippen LogP contribution is -2.03. The molecule has 6 nitrogen and oxygen atoms in total. The molecular weight excluding hydrogens is 412 g/mol.